The van der Waals surface area contributed by atoms with Crippen molar-refractivity contribution in [2.45, 2.75) is 40.5 Å². The fourth-order valence-electron chi connectivity index (χ4n) is 2.97. The monoisotopic (exact) mass is 293 g/mol. The highest BCUT2D eigenvalue weighted by Crippen LogP contribution is 2.37. The van der Waals surface area contributed by atoms with Gasteiger partial charge in [0.05, 0.1) is 10.7 Å². The summed E-state index contributed by atoms with van der Waals surface area (Å²) >= 11 is 6.34. The molecule has 1 aliphatic heterocycles. The highest BCUT2D eigenvalue weighted by Gasteiger charge is 2.29. The second kappa shape index (κ2) is 5.77. The summed E-state index contributed by atoms with van der Waals surface area (Å²) < 4.78 is 0. The number of nitrogens with zero attached hydrogens (tertiary/aromatic N) is 1. The fourth-order valence-corrected chi connectivity index (χ4v) is 3.27. The molecule has 0 N–H and O–H groups in total. The summed E-state index contributed by atoms with van der Waals surface area (Å²) in [7, 11) is 0. The molecule has 1 aromatic carbocycles. The van der Waals surface area contributed by atoms with E-state index in [9.17, 15) is 4.79 Å². The number of halogens is 1. The molecule has 1 saturated heterocycles. The van der Waals surface area contributed by atoms with Gasteiger partial charge in [0.15, 0.2) is 5.78 Å². The van der Waals surface area contributed by atoms with Gasteiger partial charge < -0.3 is 4.90 Å². The van der Waals surface area contributed by atoms with Gasteiger partial charge in [-0.15, -0.1) is 0 Å². The number of anilines is 1. The van der Waals surface area contributed by atoms with Crippen LogP contribution in [0, 0.1) is 11.3 Å². The van der Waals surface area contributed by atoms with Crippen molar-refractivity contribution in [1.29, 1.82) is 0 Å². The molecule has 3 heteroatoms. The molecule has 1 aromatic rings. The van der Waals surface area contributed by atoms with Gasteiger partial charge >= 0.3 is 0 Å². The maximum absolute atomic E-state index is 11.4. The molecule has 2 nitrogen and oxygen atoms in total. The number of hydrogen-bond acceptors (Lipinski definition) is 2. The van der Waals surface area contributed by atoms with Gasteiger partial charge in [-0.1, -0.05) is 32.4 Å². The third kappa shape index (κ3) is 3.35. The normalized spacial score (nSPS) is 17.4. The summed E-state index contributed by atoms with van der Waals surface area (Å²) in [6.07, 6.45) is 2.41. The average molecular weight is 294 g/mol. The predicted octanol–water partition coefficient (Wildman–Crippen LogP) is 4.81. The quantitative estimate of drug-likeness (QED) is 0.730. The Morgan fingerprint density at radius 2 is 1.85 bits per heavy atom. The van der Waals surface area contributed by atoms with E-state index in [2.05, 4.69) is 25.7 Å². The van der Waals surface area contributed by atoms with Gasteiger partial charge in [0, 0.05) is 18.7 Å². The minimum atomic E-state index is 0.0601. The molecule has 1 fully saturated rings. The number of rotatable bonds is 2. The molecule has 0 radical (unpaired) electrons. The van der Waals surface area contributed by atoms with Crippen molar-refractivity contribution in [3.8, 4) is 0 Å². The molecule has 20 heavy (non-hydrogen) atoms. The smallest absolute Gasteiger partial charge is 0.159 e. The van der Waals surface area contributed by atoms with E-state index in [0.29, 0.717) is 16.0 Å². The van der Waals surface area contributed by atoms with Crippen molar-refractivity contribution >= 4 is 23.1 Å². The van der Waals surface area contributed by atoms with E-state index in [0.717, 1.165) is 24.7 Å². The molecule has 0 atom stereocenters. The average Bonchev–Trinajstić information content (AvgIpc) is 2.37. The molecule has 0 aliphatic carbocycles. The lowest BCUT2D eigenvalue weighted by Gasteiger charge is -2.40. The van der Waals surface area contributed by atoms with E-state index in [1.54, 1.807) is 13.0 Å². The molecule has 0 bridgehead atoms. The summed E-state index contributed by atoms with van der Waals surface area (Å²) in [6.45, 7) is 10.6. The fraction of sp³-hybridized carbons (Fsp3) is 0.588. The van der Waals surface area contributed by atoms with E-state index in [-0.39, 0.29) is 5.78 Å². The van der Waals surface area contributed by atoms with E-state index < -0.39 is 0 Å². The second-order valence-corrected chi connectivity index (χ2v) is 7.26. The van der Waals surface area contributed by atoms with E-state index >= 15 is 0 Å². The van der Waals surface area contributed by atoms with Crippen LogP contribution in [0.4, 0.5) is 5.69 Å². The Balaban J connectivity index is 2.09. The zero-order chi connectivity index (χ0) is 14.9. The molecule has 1 heterocycles. The van der Waals surface area contributed by atoms with Crippen LogP contribution in [0.5, 0.6) is 0 Å². The van der Waals surface area contributed by atoms with Crippen molar-refractivity contribution in [2.75, 3.05) is 18.0 Å². The van der Waals surface area contributed by atoms with Crippen LogP contribution in [-0.4, -0.2) is 18.9 Å². The number of carbonyl (C=O) groups is 1. The van der Waals surface area contributed by atoms with Crippen LogP contribution in [0.3, 0.4) is 0 Å². The molecular formula is C17H24ClNO. The molecule has 110 valence electrons. The SMILES string of the molecule is CC(=O)c1ccc(N2CCC(C(C)(C)C)CC2)c(Cl)c1. The minimum Gasteiger partial charge on any atom is -0.370 e. The Labute approximate surface area is 127 Å². The zero-order valence-electron chi connectivity index (χ0n) is 12.9. The number of ketones is 1. The van der Waals surface area contributed by atoms with Gasteiger partial charge in [-0.2, -0.15) is 0 Å². The summed E-state index contributed by atoms with van der Waals surface area (Å²) in [4.78, 5) is 13.7. The van der Waals surface area contributed by atoms with Crippen LogP contribution >= 0.6 is 11.6 Å². The summed E-state index contributed by atoms with van der Waals surface area (Å²) in [5, 5.41) is 0.687. The van der Waals surface area contributed by atoms with E-state index in [1.807, 2.05) is 12.1 Å². The third-order valence-corrected chi connectivity index (χ3v) is 4.72. The van der Waals surface area contributed by atoms with Crippen LogP contribution in [0.1, 0.15) is 50.9 Å². The summed E-state index contributed by atoms with van der Waals surface area (Å²) in [5.41, 5.74) is 2.13. The molecule has 1 aliphatic rings. The highest BCUT2D eigenvalue weighted by molar-refractivity contribution is 6.33. The molecule has 0 aromatic heterocycles. The second-order valence-electron chi connectivity index (χ2n) is 6.85. The maximum atomic E-state index is 11.4. The van der Waals surface area contributed by atoms with Crippen molar-refractivity contribution in [3.05, 3.63) is 28.8 Å². The minimum absolute atomic E-state index is 0.0601. The topological polar surface area (TPSA) is 20.3 Å². The number of piperidine rings is 1. The van der Waals surface area contributed by atoms with Gasteiger partial charge in [-0.05, 0) is 49.3 Å². The molecule has 0 saturated carbocycles. The van der Waals surface area contributed by atoms with Gasteiger partial charge in [0.2, 0.25) is 0 Å². The van der Waals surface area contributed by atoms with Crippen molar-refractivity contribution < 1.29 is 4.79 Å². The first-order valence-electron chi connectivity index (χ1n) is 7.34. The highest BCUT2D eigenvalue weighted by atomic mass is 35.5. The van der Waals surface area contributed by atoms with Crippen molar-refractivity contribution in [2.24, 2.45) is 11.3 Å². The number of benzene rings is 1. The number of Topliss-reactive ketones (excluding diaryl/α,β-unsaturated/α-hetero) is 1. The first-order chi connectivity index (χ1) is 9.29. The van der Waals surface area contributed by atoms with E-state index in [1.165, 1.54) is 12.8 Å². The Bertz CT molecular complexity index is 496. The zero-order valence-corrected chi connectivity index (χ0v) is 13.6. The Morgan fingerprint density at radius 1 is 1.25 bits per heavy atom. The molecular weight excluding hydrogens is 270 g/mol. The van der Waals surface area contributed by atoms with Crippen LogP contribution < -0.4 is 4.90 Å². The predicted molar refractivity (Wildman–Crippen MR) is 85.8 cm³/mol. The molecule has 0 unspecified atom stereocenters. The maximum Gasteiger partial charge on any atom is 0.159 e. The van der Waals surface area contributed by atoms with Crippen LogP contribution in [0.2, 0.25) is 5.02 Å². The lowest BCUT2D eigenvalue weighted by atomic mass is 9.75. The first-order valence-corrected chi connectivity index (χ1v) is 7.72. The van der Waals surface area contributed by atoms with Gasteiger partial charge in [-0.3, -0.25) is 4.79 Å². The largest absolute Gasteiger partial charge is 0.370 e. The third-order valence-electron chi connectivity index (χ3n) is 4.41. The summed E-state index contributed by atoms with van der Waals surface area (Å²) in [6, 6.07) is 5.64. The van der Waals surface area contributed by atoms with Crippen LogP contribution in [0.15, 0.2) is 18.2 Å². The Morgan fingerprint density at radius 3 is 2.30 bits per heavy atom. The van der Waals surface area contributed by atoms with Gasteiger partial charge in [0.25, 0.3) is 0 Å². The molecule has 0 amide bonds. The summed E-state index contributed by atoms with van der Waals surface area (Å²) in [5.74, 6) is 0.832. The van der Waals surface area contributed by atoms with Gasteiger partial charge in [-0.25, -0.2) is 0 Å². The first kappa shape index (κ1) is 15.4. The Hall–Kier alpha value is -1.02. The van der Waals surface area contributed by atoms with Crippen LogP contribution in [-0.2, 0) is 0 Å². The molecule has 0 spiro atoms. The number of carbonyl (C=O) groups excluding carboxylic acids is 1. The van der Waals surface area contributed by atoms with Gasteiger partial charge in [0.1, 0.15) is 0 Å². The van der Waals surface area contributed by atoms with Crippen molar-refractivity contribution in [1.82, 2.24) is 0 Å². The Kier molecular flexibility index (Phi) is 4.43. The van der Waals surface area contributed by atoms with Crippen LogP contribution in [0.25, 0.3) is 0 Å². The lowest BCUT2D eigenvalue weighted by molar-refractivity contribution is 0.101. The number of hydrogen-bond donors (Lipinski definition) is 0. The van der Waals surface area contributed by atoms with Crippen molar-refractivity contribution in [3.63, 3.8) is 0 Å². The van der Waals surface area contributed by atoms with E-state index in [4.69, 9.17) is 11.6 Å². The standard InChI is InChI=1S/C17H24ClNO/c1-12(20)13-5-6-16(15(18)11-13)19-9-7-14(8-10-19)17(2,3)4/h5-6,11,14H,7-10H2,1-4H3. The lowest BCUT2D eigenvalue weighted by Crippen LogP contribution is -2.38. The molecule has 2 rings (SSSR count).